The maximum atomic E-state index is 12.5. The molecular formula is C12H15N3O4S2. The van der Waals surface area contributed by atoms with Crippen molar-refractivity contribution in [1.29, 1.82) is 0 Å². The molecule has 0 aliphatic carbocycles. The Morgan fingerprint density at radius 1 is 1.52 bits per heavy atom. The molecule has 0 aromatic carbocycles. The van der Waals surface area contributed by atoms with Gasteiger partial charge in [-0.3, -0.25) is 5.10 Å². The maximum Gasteiger partial charge on any atom is 0.349 e. The highest BCUT2D eigenvalue weighted by molar-refractivity contribution is 7.89. The van der Waals surface area contributed by atoms with E-state index in [0.717, 1.165) is 11.3 Å². The van der Waals surface area contributed by atoms with Crippen LogP contribution >= 0.6 is 11.3 Å². The SMILES string of the molecule is COC(=O)c1scc(C)c1S(=O)(=O)NC(C)c1cn[nH]c1. The molecule has 0 saturated carbocycles. The van der Waals surface area contributed by atoms with Crippen molar-refractivity contribution in [2.75, 3.05) is 7.11 Å². The number of ether oxygens (including phenoxy) is 1. The molecule has 9 heteroatoms. The zero-order valence-corrected chi connectivity index (χ0v) is 13.3. The predicted molar refractivity (Wildman–Crippen MR) is 77.7 cm³/mol. The number of aryl methyl sites for hydroxylation is 1. The average molecular weight is 329 g/mol. The minimum absolute atomic E-state index is 0.0327. The van der Waals surface area contributed by atoms with Crippen LogP contribution < -0.4 is 4.72 Å². The summed E-state index contributed by atoms with van der Waals surface area (Å²) in [4.78, 5) is 11.7. The molecule has 0 aliphatic rings. The summed E-state index contributed by atoms with van der Waals surface area (Å²) in [6, 6.07) is -0.474. The van der Waals surface area contributed by atoms with Gasteiger partial charge in [-0.05, 0) is 24.8 Å². The number of thiophene rings is 1. The van der Waals surface area contributed by atoms with E-state index >= 15 is 0 Å². The molecule has 2 heterocycles. The molecule has 0 saturated heterocycles. The second-order valence-electron chi connectivity index (χ2n) is 4.44. The fourth-order valence-electron chi connectivity index (χ4n) is 1.86. The van der Waals surface area contributed by atoms with Crippen molar-refractivity contribution in [3.05, 3.63) is 33.8 Å². The molecule has 21 heavy (non-hydrogen) atoms. The van der Waals surface area contributed by atoms with Crippen LogP contribution in [0.25, 0.3) is 0 Å². The van der Waals surface area contributed by atoms with Crippen molar-refractivity contribution < 1.29 is 17.9 Å². The van der Waals surface area contributed by atoms with Gasteiger partial charge in [0.05, 0.1) is 13.3 Å². The highest BCUT2D eigenvalue weighted by atomic mass is 32.2. The maximum absolute atomic E-state index is 12.5. The lowest BCUT2D eigenvalue weighted by Gasteiger charge is -2.13. The number of aromatic nitrogens is 2. The molecule has 0 aliphatic heterocycles. The third-order valence-corrected chi connectivity index (χ3v) is 5.84. The van der Waals surface area contributed by atoms with Crippen LogP contribution in [0.2, 0.25) is 0 Å². The number of methoxy groups -OCH3 is 1. The van der Waals surface area contributed by atoms with E-state index in [4.69, 9.17) is 0 Å². The molecule has 1 unspecified atom stereocenters. The molecule has 1 atom stereocenters. The van der Waals surface area contributed by atoms with Crippen LogP contribution in [0.15, 0.2) is 22.7 Å². The van der Waals surface area contributed by atoms with E-state index in [9.17, 15) is 13.2 Å². The van der Waals surface area contributed by atoms with Gasteiger partial charge >= 0.3 is 5.97 Å². The molecule has 0 radical (unpaired) electrons. The van der Waals surface area contributed by atoms with Crippen LogP contribution in [0, 0.1) is 6.92 Å². The van der Waals surface area contributed by atoms with Gasteiger partial charge in [-0.25, -0.2) is 17.9 Å². The van der Waals surface area contributed by atoms with Gasteiger partial charge in [0.1, 0.15) is 9.77 Å². The van der Waals surface area contributed by atoms with E-state index in [-0.39, 0.29) is 9.77 Å². The summed E-state index contributed by atoms with van der Waals surface area (Å²) in [7, 11) is -2.62. The van der Waals surface area contributed by atoms with Crippen molar-refractivity contribution in [2.24, 2.45) is 0 Å². The average Bonchev–Trinajstić information content (AvgIpc) is 3.06. The topological polar surface area (TPSA) is 101 Å². The van der Waals surface area contributed by atoms with Gasteiger partial charge in [0, 0.05) is 17.8 Å². The lowest BCUT2D eigenvalue weighted by Crippen LogP contribution is -2.28. The highest BCUT2D eigenvalue weighted by Crippen LogP contribution is 2.28. The van der Waals surface area contributed by atoms with E-state index in [1.165, 1.54) is 13.3 Å². The Kier molecular flexibility index (Phi) is 4.45. The van der Waals surface area contributed by atoms with E-state index < -0.39 is 22.0 Å². The number of nitrogens with one attached hydrogen (secondary N) is 2. The monoisotopic (exact) mass is 329 g/mol. The summed E-state index contributed by atoms with van der Waals surface area (Å²) >= 11 is 1.05. The van der Waals surface area contributed by atoms with E-state index in [1.54, 1.807) is 25.4 Å². The Bertz CT molecular complexity index is 735. The van der Waals surface area contributed by atoms with Crippen LogP contribution in [-0.4, -0.2) is 31.7 Å². The molecule has 0 amide bonds. The van der Waals surface area contributed by atoms with Gasteiger partial charge < -0.3 is 4.74 Å². The first-order chi connectivity index (χ1) is 9.86. The van der Waals surface area contributed by atoms with Gasteiger partial charge in [0.25, 0.3) is 0 Å². The van der Waals surface area contributed by atoms with Gasteiger partial charge in [-0.2, -0.15) is 5.10 Å². The molecule has 114 valence electrons. The highest BCUT2D eigenvalue weighted by Gasteiger charge is 2.29. The molecule has 7 nitrogen and oxygen atoms in total. The summed E-state index contributed by atoms with van der Waals surface area (Å²) in [5.74, 6) is -0.663. The Morgan fingerprint density at radius 3 is 2.81 bits per heavy atom. The number of rotatable bonds is 5. The summed E-state index contributed by atoms with van der Waals surface area (Å²) in [5.41, 5.74) is 1.21. The molecule has 0 bridgehead atoms. The van der Waals surface area contributed by atoms with Gasteiger partial charge in [0.15, 0.2) is 0 Å². The Morgan fingerprint density at radius 2 is 2.24 bits per heavy atom. The normalized spacial score (nSPS) is 13.1. The predicted octanol–water partition coefficient (Wildman–Crippen LogP) is 1.61. The number of esters is 1. The second-order valence-corrected chi connectivity index (χ2v) is 6.97. The third-order valence-electron chi connectivity index (χ3n) is 2.91. The van der Waals surface area contributed by atoms with Crippen molar-refractivity contribution in [2.45, 2.75) is 24.8 Å². The number of sulfonamides is 1. The van der Waals surface area contributed by atoms with Crippen LogP contribution in [0.3, 0.4) is 0 Å². The van der Waals surface area contributed by atoms with Crippen LogP contribution in [0.5, 0.6) is 0 Å². The zero-order valence-electron chi connectivity index (χ0n) is 11.7. The number of carbonyl (C=O) groups excluding carboxylic acids is 1. The lowest BCUT2D eigenvalue weighted by atomic mass is 10.2. The van der Waals surface area contributed by atoms with Crippen molar-refractivity contribution in [3.8, 4) is 0 Å². The van der Waals surface area contributed by atoms with Gasteiger partial charge in [-0.15, -0.1) is 11.3 Å². The fraction of sp³-hybridized carbons (Fsp3) is 0.333. The first-order valence-corrected chi connectivity index (χ1v) is 8.40. The van der Waals surface area contributed by atoms with E-state index in [0.29, 0.717) is 11.1 Å². The number of carbonyl (C=O) groups is 1. The summed E-state index contributed by atoms with van der Waals surface area (Å²) in [5, 5.41) is 8.02. The number of hydrogen-bond donors (Lipinski definition) is 2. The largest absolute Gasteiger partial charge is 0.465 e. The quantitative estimate of drug-likeness (QED) is 0.812. The van der Waals surface area contributed by atoms with Crippen LogP contribution in [-0.2, 0) is 14.8 Å². The smallest absolute Gasteiger partial charge is 0.349 e. The molecule has 2 rings (SSSR count). The van der Waals surface area contributed by atoms with Crippen molar-refractivity contribution in [1.82, 2.24) is 14.9 Å². The van der Waals surface area contributed by atoms with Gasteiger partial charge in [-0.1, -0.05) is 0 Å². The van der Waals surface area contributed by atoms with E-state index in [1.807, 2.05) is 0 Å². The Hall–Kier alpha value is -1.71. The Labute approximate surface area is 126 Å². The van der Waals surface area contributed by atoms with Crippen molar-refractivity contribution >= 4 is 27.3 Å². The molecule has 2 aromatic heterocycles. The number of nitrogens with zero attached hydrogens (tertiary/aromatic N) is 1. The summed E-state index contributed by atoms with van der Waals surface area (Å²) < 4.78 is 32.2. The third kappa shape index (κ3) is 3.14. The molecular weight excluding hydrogens is 314 g/mol. The minimum Gasteiger partial charge on any atom is -0.465 e. The number of aromatic amines is 1. The molecule has 0 fully saturated rings. The lowest BCUT2D eigenvalue weighted by molar-refractivity contribution is 0.0602. The summed E-state index contributed by atoms with van der Waals surface area (Å²) in [6.45, 7) is 3.34. The standard InChI is InChI=1S/C12H15N3O4S2/c1-7-6-20-10(12(16)19-3)11(7)21(17,18)15-8(2)9-4-13-14-5-9/h4-6,8,15H,1-3H3,(H,13,14). The van der Waals surface area contributed by atoms with E-state index in [2.05, 4.69) is 19.7 Å². The Balaban J connectivity index is 2.36. The number of H-pyrrole nitrogens is 1. The molecule has 0 spiro atoms. The first kappa shape index (κ1) is 15.7. The first-order valence-electron chi connectivity index (χ1n) is 6.04. The fourth-order valence-corrected chi connectivity index (χ4v) is 4.80. The molecule has 2 aromatic rings. The summed E-state index contributed by atoms with van der Waals surface area (Å²) in [6.07, 6.45) is 3.14. The van der Waals surface area contributed by atoms with Crippen LogP contribution in [0.1, 0.15) is 33.8 Å². The zero-order chi connectivity index (χ0) is 15.6. The molecule has 2 N–H and O–H groups in total. The number of hydrogen-bond acceptors (Lipinski definition) is 6. The van der Waals surface area contributed by atoms with Gasteiger partial charge in [0.2, 0.25) is 10.0 Å². The minimum atomic E-state index is -3.84. The second kappa shape index (κ2) is 5.96. The van der Waals surface area contributed by atoms with Crippen LogP contribution in [0.4, 0.5) is 0 Å². The van der Waals surface area contributed by atoms with Crippen molar-refractivity contribution in [3.63, 3.8) is 0 Å².